The van der Waals surface area contributed by atoms with Crippen LogP contribution in [-0.4, -0.2) is 11.0 Å². The summed E-state index contributed by atoms with van der Waals surface area (Å²) in [6, 6.07) is 0. The molecule has 0 spiro atoms. The Balaban J connectivity index is 3.56. The molecule has 1 unspecified atom stereocenters. The maximum absolute atomic E-state index is 10.2. The van der Waals surface area contributed by atoms with Gasteiger partial charge in [-0.15, -0.1) is 0 Å². The van der Waals surface area contributed by atoms with E-state index in [1.807, 2.05) is 0 Å². The molecule has 1 N–H and O–H groups in total. The van der Waals surface area contributed by atoms with Crippen LogP contribution in [0.5, 0.6) is 0 Å². The molecular weight excluding hydrogens is 147 g/mol. The number of hydrogen-bond donors (Lipinski definition) is 1. The van der Waals surface area contributed by atoms with Crippen molar-refractivity contribution in [2.24, 2.45) is 0 Å². The van der Waals surface area contributed by atoms with E-state index >= 15 is 0 Å². The van der Waals surface area contributed by atoms with Gasteiger partial charge >= 0.3 is 0 Å². The lowest BCUT2D eigenvalue weighted by atomic mass is 10.5. The lowest BCUT2D eigenvalue weighted by Gasteiger charge is -2.22. The van der Waals surface area contributed by atoms with Gasteiger partial charge in [0.2, 0.25) is 0 Å². The Labute approximate surface area is 53.6 Å². The van der Waals surface area contributed by atoms with Crippen molar-refractivity contribution in [3.05, 3.63) is 0 Å². The molecule has 0 aliphatic rings. The van der Waals surface area contributed by atoms with E-state index < -0.39 is 6.72 Å². The second-order valence-corrected chi connectivity index (χ2v) is 4.15. The molecule has 0 rings (SSSR count). The fourth-order valence-corrected chi connectivity index (χ4v) is 1.32. The molecule has 1 atom stereocenters. The molecule has 0 bridgehead atoms. The topological polar surface area (TPSA) is 52.5 Å². The second kappa shape index (κ2) is 2.90. The van der Waals surface area contributed by atoms with Crippen LogP contribution in [-0.2, 0) is 16.3 Å². The van der Waals surface area contributed by atoms with Gasteiger partial charge in [-0.25, -0.2) is 0 Å². The van der Waals surface area contributed by atoms with Crippen molar-refractivity contribution in [2.75, 3.05) is 0 Å². The third-order valence-electron chi connectivity index (χ3n) is 0.344. The lowest BCUT2D eigenvalue weighted by molar-refractivity contribution is -0.204. The Kier molecular flexibility index (Phi) is 3.09. The molecule has 3 nitrogen and oxygen atoms in total. The molecule has 0 aromatic carbocycles. The van der Waals surface area contributed by atoms with Crippen LogP contribution < -0.4 is 4.89 Å². The van der Waals surface area contributed by atoms with Gasteiger partial charge in [0.05, 0.1) is 6.10 Å². The van der Waals surface area contributed by atoms with E-state index in [1.165, 1.54) is 0 Å². The fraction of sp³-hybridized carbons (Fsp3) is 1.00. The molecule has 0 aromatic rings. The highest BCUT2D eigenvalue weighted by atomic mass is 32.5. The highest BCUT2D eigenvalue weighted by molar-refractivity contribution is 8.06. The van der Waals surface area contributed by atoms with Crippen molar-refractivity contribution >= 4 is 18.5 Å². The summed E-state index contributed by atoms with van der Waals surface area (Å²) in [6.07, 6.45) is -0.275. The summed E-state index contributed by atoms with van der Waals surface area (Å²) in [4.78, 5) is 18.5. The molecule has 0 saturated carbocycles. The minimum absolute atomic E-state index is 0.275. The van der Waals surface area contributed by atoms with Gasteiger partial charge in [-0.3, -0.25) is 0 Å². The van der Waals surface area contributed by atoms with Crippen LogP contribution in [0.1, 0.15) is 13.8 Å². The monoisotopic (exact) mass is 155 g/mol. The van der Waals surface area contributed by atoms with Crippen LogP contribution in [0.25, 0.3) is 0 Å². The average Bonchev–Trinajstić information content (AvgIpc) is 1.21. The van der Waals surface area contributed by atoms with Crippen molar-refractivity contribution < 1.29 is 14.3 Å². The van der Waals surface area contributed by atoms with Gasteiger partial charge < -0.3 is 14.3 Å². The molecular formula is C3H8O3PS-. The molecule has 0 fully saturated rings. The quantitative estimate of drug-likeness (QED) is 0.570. The van der Waals surface area contributed by atoms with Crippen molar-refractivity contribution in [2.45, 2.75) is 20.0 Å². The predicted molar refractivity (Wildman–Crippen MR) is 32.7 cm³/mol. The third-order valence-corrected chi connectivity index (χ3v) is 1.29. The zero-order valence-corrected chi connectivity index (χ0v) is 6.41. The van der Waals surface area contributed by atoms with E-state index in [-0.39, 0.29) is 6.10 Å². The number of rotatable bonds is 2. The van der Waals surface area contributed by atoms with Crippen molar-refractivity contribution in [3.8, 4) is 0 Å². The average molecular weight is 155 g/mol. The van der Waals surface area contributed by atoms with E-state index in [9.17, 15) is 4.89 Å². The summed E-state index contributed by atoms with van der Waals surface area (Å²) < 4.78 is 4.36. The van der Waals surface area contributed by atoms with Crippen LogP contribution >= 0.6 is 6.72 Å². The minimum Gasteiger partial charge on any atom is -0.780 e. The molecule has 5 heteroatoms. The Hall–Kier alpha value is 0.530. The zero-order chi connectivity index (χ0) is 6.78. The molecule has 0 heterocycles. The standard InChI is InChI=1S/C3H9O3PS/c1-3(2)6-7(4,5)8/h3H,1-2H3,(H2,4,5,8)/p-1. The first-order valence-electron chi connectivity index (χ1n) is 2.14. The number of hydrogen-bond acceptors (Lipinski definition) is 3. The predicted octanol–water partition coefficient (Wildman–Crippen LogP) is -0.0115. The van der Waals surface area contributed by atoms with E-state index in [4.69, 9.17) is 4.89 Å². The van der Waals surface area contributed by atoms with Gasteiger partial charge in [0.1, 0.15) is 6.72 Å². The van der Waals surface area contributed by atoms with Crippen LogP contribution in [0.4, 0.5) is 0 Å². The Morgan fingerprint density at radius 3 is 2.12 bits per heavy atom. The van der Waals surface area contributed by atoms with E-state index in [1.54, 1.807) is 13.8 Å². The van der Waals surface area contributed by atoms with Crippen molar-refractivity contribution in [1.29, 1.82) is 0 Å². The Bertz CT molecular complexity index is 107. The van der Waals surface area contributed by atoms with Gasteiger partial charge in [-0.1, -0.05) is 11.8 Å². The summed E-state index contributed by atoms with van der Waals surface area (Å²) in [6.45, 7) is -0.343. The molecule has 0 aromatic heterocycles. The fourth-order valence-electron chi connectivity index (χ4n) is 0.266. The largest absolute Gasteiger partial charge is 0.780 e. The van der Waals surface area contributed by atoms with E-state index in [0.717, 1.165) is 0 Å². The van der Waals surface area contributed by atoms with Crippen LogP contribution in [0.2, 0.25) is 0 Å². The Morgan fingerprint density at radius 2 is 2.12 bits per heavy atom. The zero-order valence-electron chi connectivity index (χ0n) is 4.70. The molecule has 50 valence electrons. The van der Waals surface area contributed by atoms with Gasteiger partial charge in [-0.2, -0.15) is 0 Å². The van der Waals surface area contributed by atoms with Gasteiger partial charge in [0.15, 0.2) is 0 Å². The minimum atomic E-state index is -3.64. The molecule has 0 amide bonds. The normalized spacial score (nSPS) is 18.6. The summed E-state index contributed by atoms with van der Waals surface area (Å²) in [5.74, 6) is 0. The maximum Gasteiger partial charge on any atom is 0.112 e. The third kappa shape index (κ3) is 6.53. The summed E-state index contributed by atoms with van der Waals surface area (Å²) in [5.41, 5.74) is 0. The Morgan fingerprint density at radius 1 is 1.75 bits per heavy atom. The highest BCUT2D eigenvalue weighted by Crippen LogP contribution is 2.32. The van der Waals surface area contributed by atoms with Crippen molar-refractivity contribution in [3.63, 3.8) is 0 Å². The molecule has 0 radical (unpaired) electrons. The molecule has 8 heavy (non-hydrogen) atoms. The highest BCUT2D eigenvalue weighted by Gasteiger charge is 1.98. The maximum atomic E-state index is 10.2. The SMILES string of the molecule is CC(C)OP([O-])(O)=S. The lowest BCUT2D eigenvalue weighted by Crippen LogP contribution is -2.08. The first kappa shape index (κ1) is 8.53. The summed E-state index contributed by atoms with van der Waals surface area (Å²) in [7, 11) is 0. The summed E-state index contributed by atoms with van der Waals surface area (Å²) >= 11 is 4.05. The van der Waals surface area contributed by atoms with Gasteiger partial charge in [0.25, 0.3) is 0 Å². The van der Waals surface area contributed by atoms with Crippen LogP contribution in [0, 0.1) is 0 Å². The smallest absolute Gasteiger partial charge is 0.112 e. The first-order valence-corrected chi connectivity index (χ1v) is 4.73. The second-order valence-electron chi connectivity index (χ2n) is 1.62. The summed E-state index contributed by atoms with van der Waals surface area (Å²) in [5, 5.41) is 0. The van der Waals surface area contributed by atoms with Gasteiger partial charge in [-0.05, 0) is 13.8 Å². The molecule has 0 aliphatic heterocycles. The van der Waals surface area contributed by atoms with Crippen molar-refractivity contribution in [1.82, 2.24) is 0 Å². The van der Waals surface area contributed by atoms with Crippen LogP contribution in [0.3, 0.4) is 0 Å². The molecule has 0 aliphatic carbocycles. The van der Waals surface area contributed by atoms with Crippen LogP contribution in [0.15, 0.2) is 0 Å². The first-order chi connectivity index (χ1) is 3.42. The van der Waals surface area contributed by atoms with Gasteiger partial charge in [0, 0.05) is 0 Å². The van der Waals surface area contributed by atoms with E-state index in [2.05, 4.69) is 16.3 Å². The molecule has 0 saturated heterocycles. The van der Waals surface area contributed by atoms with E-state index in [0.29, 0.717) is 0 Å².